The summed E-state index contributed by atoms with van der Waals surface area (Å²) in [6.45, 7) is 6.30. The van der Waals surface area contributed by atoms with Crippen LogP contribution in [0.5, 0.6) is 0 Å². The maximum atomic E-state index is 11.8. The minimum atomic E-state index is -0.998. The Hall–Kier alpha value is -1.30. The number of amides is 2. The van der Waals surface area contributed by atoms with Crippen molar-refractivity contribution in [1.82, 2.24) is 15.1 Å². The Morgan fingerprint density at radius 1 is 1.26 bits per heavy atom. The fourth-order valence-corrected chi connectivity index (χ4v) is 2.19. The molecule has 0 saturated carbocycles. The van der Waals surface area contributed by atoms with Crippen LogP contribution in [0.25, 0.3) is 0 Å². The second-order valence-electron chi connectivity index (χ2n) is 5.26. The van der Waals surface area contributed by atoms with Crippen LogP contribution in [-0.4, -0.2) is 65.7 Å². The normalized spacial score (nSPS) is 19.5. The van der Waals surface area contributed by atoms with Crippen molar-refractivity contribution >= 4 is 12.0 Å². The first-order valence-corrected chi connectivity index (χ1v) is 6.91. The molecule has 0 spiro atoms. The maximum absolute atomic E-state index is 11.8. The Labute approximate surface area is 114 Å². The molecule has 0 bridgehead atoms. The number of carboxylic acids is 1. The summed E-state index contributed by atoms with van der Waals surface area (Å²) in [7, 11) is 1.50. The second kappa shape index (κ2) is 7.33. The molecule has 1 rings (SSSR count). The fourth-order valence-electron chi connectivity index (χ4n) is 2.19. The number of piperidine rings is 1. The zero-order valence-corrected chi connectivity index (χ0v) is 12.1. The molecule has 0 aromatic carbocycles. The zero-order chi connectivity index (χ0) is 14.4. The van der Waals surface area contributed by atoms with E-state index in [4.69, 9.17) is 5.11 Å². The van der Waals surface area contributed by atoms with Gasteiger partial charge in [0.25, 0.3) is 0 Å². The summed E-state index contributed by atoms with van der Waals surface area (Å²) in [6.07, 6.45) is 3.72. The minimum absolute atomic E-state index is 0.290. The van der Waals surface area contributed by atoms with Crippen LogP contribution in [0.4, 0.5) is 4.79 Å². The molecule has 0 aliphatic carbocycles. The second-order valence-corrected chi connectivity index (χ2v) is 5.26. The van der Waals surface area contributed by atoms with E-state index in [1.807, 2.05) is 0 Å². The quantitative estimate of drug-likeness (QED) is 0.781. The number of likely N-dealkylation sites (tertiary alicyclic amines) is 1. The third kappa shape index (κ3) is 4.70. The predicted octanol–water partition coefficient (Wildman–Crippen LogP) is 0.975. The molecule has 0 aromatic heterocycles. The first kappa shape index (κ1) is 15.8. The number of likely N-dealkylation sites (N-methyl/N-ethyl adjacent to an activating group) is 1. The van der Waals surface area contributed by atoms with Crippen LogP contribution in [-0.2, 0) is 4.79 Å². The number of hydrogen-bond donors (Lipinski definition) is 2. The van der Waals surface area contributed by atoms with Gasteiger partial charge in [0, 0.05) is 19.6 Å². The van der Waals surface area contributed by atoms with Crippen LogP contribution in [0.15, 0.2) is 0 Å². The molecule has 1 aliphatic heterocycles. The van der Waals surface area contributed by atoms with E-state index in [0.717, 1.165) is 13.1 Å². The van der Waals surface area contributed by atoms with Gasteiger partial charge in [-0.3, -0.25) is 4.90 Å². The van der Waals surface area contributed by atoms with Crippen molar-refractivity contribution < 1.29 is 14.7 Å². The van der Waals surface area contributed by atoms with E-state index in [-0.39, 0.29) is 12.1 Å². The summed E-state index contributed by atoms with van der Waals surface area (Å²) < 4.78 is 0. The molecule has 110 valence electrons. The first-order valence-electron chi connectivity index (χ1n) is 6.91. The third-order valence-electron chi connectivity index (χ3n) is 3.82. The van der Waals surface area contributed by atoms with E-state index in [0.29, 0.717) is 6.54 Å². The molecule has 0 aromatic rings. The van der Waals surface area contributed by atoms with E-state index in [1.54, 1.807) is 0 Å². The van der Waals surface area contributed by atoms with Gasteiger partial charge in [-0.25, -0.2) is 9.59 Å². The number of carboxylic acid groups (broad SMARTS) is 1. The molecule has 0 radical (unpaired) electrons. The van der Waals surface area contributed by atoms with Crippen LogP contribution in [0.1, 0.15) is 33.1 Å². The van der Waals surface area contributed by atoms with E-state index < -0.39 is 12.0 Å². The Kier molecular flexibility index (Phi) is 6.08. The van der Waals surface area contributed by atoms with Gasteiger partial charge in [0.2, 0.25) is 0 Å². The molecule has 6 nitrogen and oxygen atoms in total. The molecule has 2 atom stereocenters. The highest BCUT2D eigenvalue weighted by Gasteiger charge is 2.23. The van der Waals surface area contributed by atoms with Crippen molar-refractivity contribution in [3.8, 4) is 0 Å². The standard InChI is InChI=1S/C13H25N3O3/c1-10(16-7-5-4-6-8-16)9-14-13(19)15(3)11(2)12(17)18/h10-11H,4-9H2,1-3H3,(H,14,19)(H,17,18). The number of rotatable bonds is 5. The van der Waals surface area contributed by atoms with Crippen molar-refractivity contribution in [1.29, 1.82) is 0 Å². The van der Waals surface area contributed by atoms with Crippen LogP contribution in [0.2, 0.25) is 0 Å². The number of urea groups is 1. The Bertz CT molecular complexity index is 316. The monoisotopic (exact) mass is 271 g/mol. The summed E-state index contributed by atoms with van der Waals surface area (Å²) in [4.78, 5) is 26.2. The number of carbonyl (C=O) groups excluding carboxylic acids is 1. The summed E-state index contributed by atoms with van der Waals surface area (Å²) in [6, 6.07) is -0.859. The van der Waals surface area contributed by atoms with Crippen molar-refractivity contribution in [3.63, 3.8) is 0 Å². The van der Waals surface area contributed by atoms with Gasteiger partial charge in [-0.05, 0) is 39.8 Å². The lowest BCUT2D eigenvalue weighted by atomic mass is 10.1. The number of carbonyl (C=O) groups is 2. The number of aliphatic carboxylic acids is 1. The van der Waals surface area contributed by atoms with Crippen LogP contribution in [0, 0.1) is 0 Å². The van der Waals surface area contributed by atoms with Crippen molar-refractivity contribution in [2.45, 2.75) is 45.2 Å². The van der Waals surface area contributed by atoms with Crippen molar-refractivity contribution in [3.05, 3.63) is 0 Å². The Morgan fingerprint density at radius 2 is 1.84 bits per heavy atom. The Balaban J connectivity index is 2.34. The van der Waals surface area contributed by atoms with Gasteiger partial charge >= 0.3 is 12.0 Å². The average molecular weight is 271 g/mol. The van der Waals surface area contributed by atoms with Gasteiger partial charge in [0.1, 0.15) is 6.04 Å². The van der Waals surface area contributed by atoms with Gasteiger partial charge in [0.05, 0.1) is 0 Å². The molecule has 19 heavy (non-hydrogen) atoms. The Morgan fingerprint density at radius 3 is 2.37 bits per heavy atom. The lowest BCUT2D eigenvalue weighted by molar-refractivity contribution is -0.141. The fraction of sp³-hybridized carbons (Fsp3) is 0.846. The van der Waals surface area contributed by atoms with Gasteiger partial charge in [-0.2, -0.15) is 0 Å². The molecule has 2 amide bonds. The van der Waals surface area contributed by atoms with Gasteiger partial charge in [-0.1, -0.05) is 6.42 Å². The smallest absolute Gasteiger partial charge is 0.326 e. The maximum Gasteiger partial charge on any atom is 0.326 e. The molecule has 2 N–H and O–H groups in total. The lowest BCUT2D eigenvalue weighted by Gasteiger charge is -2.33. The molecule has 1 aliphatic rings. The number of nitrogens with one attached hydrogen (secondary N) is 1. The zero-order valence-electron chi connectivity index (χ0n) is 12.1. The van der Waals surface area contributed by atoms with Crippen LogP contribution >= 0.6 is 0 Å². The summed E-state index contributed by atoms with van der Waals surface area (Å²) in [5.41, 5.74) is 0. The largest absolute Gasteiger partial charge is 0.480 e. The molecule has 6 heteroatoms. The highest BCUT2D eigenvalue weighted by molar-refractivity contribution is 5.82. The topological polar surface area (TPSA) is 72.9 Å². The number of nitrogens with zero attached hydrogens (tertiary/aromatic N) is 2. The lowest BCUT2D eigenvalue weighted by Crippen LogP contribution is -2.50. The molecule has 1 saturated heterocycles. The average Bonchev–Trinajstić information content (AvgIpc) is 2.43. The molecular formula is C13H25N3O3. The third-order valence-corrected chi connectivity index (χ3v) is 3.82. The number of hydrogen-bond acceptors (Lipinski definition) is 3. The summed E-state index contributed by atoms with van der Waals surface area (Å²) in [5, 5.41) is 11.6. The molecule has 1 heterocycles. The molecule has 2 unspecified atom stereocenters. The first-order chi connectivity index (χ1) is 8.93. The van der Waals surface area contributed by atoms with Crippen LogP contribution in [0.3, 0.4) is 0 Å². The molecular weight excluding hydrogens is 246 g/mol. The highest BCUT2D eigenvalue weighted by atomic mass is 16.4. The predicted molar refractivity (Wildman–Crippen MR) is 73.1 cm³/mol. The van der Waals surface area contributed by atoms with E-state index >= 15 is 0 Å². The summed E-state index contributed by atoms with van der Waals surface area (Å²) >= 11 is 0. The van der Waals surface area contributed by atoms with Gasteiger partial charge < -0.3 is 15.3 Å². The highest BCUT2D eigenvalue weighted by Crippen LogP contribution is 2.11. The van der Waals surface area contributed by atoms with E-state index in [9.17, 15) is 9.59 Å². The van der Waals surface area contributed by atoms with Gasteiger partial charge in [0.15, 0.2) is 0 Å². The van der Waals surface area contributed by atoms with E-state index in [1.165, 1.54) is 38.1 Å². The van der Waals surface area contributed by atoms with Crippen molar-refractivity contribution in [2.24, 2.45) is 0 Å². The minimum Gasteiger partial charge on any atom is -0.480 e. The van der Waals surface area contributed by atoms with Crippen molar-refractivity contribution in [2.75, 3.05) is 26.7 Å². The summed E-state index contributed by atoms with van der Waals surface area (Å²) in [5.74, 6) is -0.998. The SMILES string of the molecule is CC(CNC(=O)N(C)C(C)C(=O)O)N1CCCCC1. The van der Waals surface area contributed by atoms with E-state index in [2.05, 4.69) is 17.1 Å². The van der Waals surface area contributed by atoms with Crippen LogP contribution < -0.4 is 5.32 Å². The molecule has 1 fully saturated rings. The van der Waals surface area contributed by atoms with Gasteiger partial charge in [-0.15, -0.1) is 0 Å².